The molecule has 0 saturated heterocycles. The molecule has 2 rings (SSSR count). The van der Waals surface area contributed by atoms with Gasteiger partial charge in [0.2, 0.25) is 0 Å². The molecule has 0 spiro atoms. The molecule has 2 heteroatoms. The molecule has 0 radical (unpaired) electrons. The van der Waals surface area contributed by atoms with Crippen LogP contribution in [0.15, 0.2) is 41.0 Å². The SMILES string of the molecule is CCc1occc1C(Br)c1ccc(C(C)C)cc1. The van der Waals surface area contributed by atoms with Gasteiger partial charge in [-0.25, -0.2) is 0 Å². The highest BCUT2D eigenvalue weighted by Gasteiger charge is 2.16. The van der Waals surface area contributed by atoms with Crippen molar-refractivity contribution in [1.82, 2.24) is 0 Å². The average molecular weight is 307 g/mol. The van der Waals surface area contributed by atoms with Crippen LogP contribution in [0.2, 0.25) is 0 Å². The van der Waals surface area contributed by atoms with E-state index in [1.54, 1.807) is 6.26 Å². The standard InChI is InChI=1S/C16H19BrO/c1-4-15-14(9-10-18-15)16(17)13-7-5-12(6-8-13)11(2)3/h5-11,16H,4H2,1-3H3. The van der Waals surface area contributed by atoms with Crippen molar-refractivity contribution in [1.29, 1.82) is 0 Å². The van der Waals surface area contributed by atoms with E-state index >= 15 is 0 Å². The Balaban J connectivity index is 2.26. The second-order valence-electron chi connectivity index (χ2n) is 4.84. The lowest BCUT2D eigenvalue weighted by molar-refractivity contribution is 0.512. The molecule has 0 amide bonds. The van der Waals surface area contributed by atoms with Crippen LogP contribution in [-0.2, 0) is 6.42 Å². The summed E-state index contributed by atoms with van der Waals surface area (Å²) < 4.78 is 5.49. The zero-order valence-corrected chi connectivity index (χ0v) is 12.7. The summed E-state index contributed by atoms with van der Waals surface area (Å²) in [7, 11) is 0. The first kappa shape index (κ1) is 13.4. The highest BCUT2D eigenvalue weighted by Crippen LogP contribution is 2.34. The van der Waals surface area contributed by atoms with E-state index in [4.69, 9.17) is 4.42 Å². The molecule has 18 heavy (non-hydrogen) atoms. The Hall–Kier alpha value is -1.02. The monoisotopic (exact) mass is 306 g/mol. The van der Waals surface area contributed by atoms with Gasteiger partial charge in [0.05, 0.1) is 11.1 Å². The highest BCUT2D eigenvalue weighted by molar-refractivity contribution is 9.09. The zero-order valence-electron chi connectivity index (χ0n) is 11.1. The fourth-order valence-electron chi connectivity index (χ4n) is 2.09. The third-order valence-electron chi connectivity index (χ3n) is 3.27. The lowest BCUT2D eigenvalue weighted by Crippen LogP contribution is -1.96. The van der Waals surface area contributed by atoms with E-state index < -0.39 is 0 Å². The number of hydrogen-bond acceptors (Lipinski definition) is 1. The maximum absolute atomic E-state index is 5.49. The second-order valence-corrected chi connectivity index (χ2v) is 5.75. The molecular formula is C16H19BrO. The maximum atomic E-state index is 5.49. The Morgan fingerprint density at radius 3 is 2.22 bits per heavy atom. The van der Waals surface area contributed by atoms with Gasteiger partial charge in [-0.05, 0) is 23.1 Å². The molecular weight excluding hydrogens is 288 g/mol. The van der Waals surface area contributed by atoms with Crippen LogP contribution >= 0.6 is 15.9 Å². The van der Waals surface area contributed by atoms with Crippen LogP contribution in [0.3, 0.4) is 0 Å². The van der Waals surface area contributed by atoms with E-state index in [2.05, 4.69) is 67.0 Å². The van der Waals surface area contributed by atoms with Crippen molar-refractivity contribution in [3.63, 3.8) is 0 Å². The number of furan rings is 1. The third kappa shape index (κ3) is 2.69. The number of benzene rings is 1. The van der Waals surface area contributed by atoms with Gasteiger partial charge in [-0.15, -0.1) is 0 Å². The van der Waals surface area contributed by atoms with Crippen molar-refractivity contribution in [2.75, 3.05) is 0 Å². The zero-order chi connectivity index (χ0) is 13.1. The van der Waals surface area contributed by atoms with E-state index in [1.807, 2.05) is 0 Å². The molecule has 0 fully saturated rings. The van der Waals surface area contributed by atoms with Crippen molar-refractivity contribution < 1.29 is 4.42 Å². The molecule has 2 aromatic rings. The number of hydrogen-bond donors (Lipinski definition) is 0. The smallest absolute Gasteiger partial charge is 0.108 e. The summed E-state index contributed by atoms with van der Waals surface area (Å²) in [5.74, 6) is 1.64. The fourth-order valence-corrected chi connectivity index (χ4v) is 2.81. The topological polar surface area (TPSA) is 13.1 Å². The Bertz CT molecular complexity index is 496. The van der Waals surface area contributed by atoms with Gasteiger partial charge in [0.1, 0.15) is 5.76 Å². The molecule has 0 aliphatic rings. The van der Waals surface area contributed by atoms with Crippen molar-refractivity contribution in [2.24, 2.45) is 0 Å². The minimum atomic E-state index is 0.215. The molecule has 1 unspecified atom stereocenters. The third-order valence-corrected chi connectivity index (χ3v) is 4.29. The fraction of sp³-hybridized carbons (Fsp3) is 0.375. The first-order valence-electron chi connectivity index (χ1n) is 6.43. The summed E-state index contributed by atoms with van der Waals surface area (Å²) in [6.45, 7) is 6.54. The molecule has 0 aliphatic carbocycles. The van der Waals surface area contributed by atoms with Crippen molar-refractivity contribution in [2.45, 2.75) is 37.9 Å². The van der Waals surface area contributed by atoms with Gasteiger partial charge in [0.25, 0.3) is 0 Å². The minimum Gasteiger partial charge on any atom is -0.469 e. The van der Waals surface area contributed by atoms with Crippen LogP contribution in [0, 0.1) is 0 Å². The molecule has 1 nitrogen and oxygen atoms in total. The normalized spacial score (nSPS) is 12.9. The van der Waals surface area contributed by atoms with Gasteiger partial charge < -0.3 is 4.42 Å². The Morgan fingerprint density at radius 1 is 1.06 bits per heavy atom. The lowest BCUT2D eigenvalue weighted by atomic mass is 9.99. The Morgan fingerprint density at radius 2 is 1.67 bits per heavy atom. The first-order valence-corrected chi connectivity index (χ1v) is 7.35. The number of aryl methyl sites for hydroxylation is 1. The summed E-state index contributed by atoms with van der Waals surface area (Å²) in [4.78, 5) is 0.215. The first-order chi connectivity index (χ1) is 8.63. The maximum Gasteiger partial charge on any atom is 0.108 e. The largest absolute Gasteiger partial charge is 0.469 e. The van der Waals surface area contributed by atoms with Crippen LogP contribution < -0.4 is 0 Å². The molecule has 0 N–H and O–H groups in total. The van der Waals surface area contributed by atoms with Gasteiger partial charge in [-0.2, -0.15) is 0 Å². The van der Waals surface area contributed by atoms with Crippen molar-refractivity contribution in [3.05, 3.63) is 59.0 Å². The molecule has 96 valence electrons. The number of rotatable bonds is 4. The van der Waals surface area contributed by atoms with Gasteiger partial charge in [0, 0.05) is 12.0 Å². The summed E-state index contributed by atoms with van der Waals surface area (Å²) in [5, 5.41) is 0. The summed E-state index contributed by atoms with van der Waals surface area (Å²) >= 11 is 3.77. The predicted octanol–water partition coefficient (Wildman–Crippen LogP) is 5.45. The van der Waals surface area contributed by atoms with Crippen LogP contribution in [0.4, 0.5) is 0 Å². The van der Waals surface area contributed by atoms with Gasteiger partial charge in [0.15, 0.2) is 0 Å². The van der Waals surface area contributed by atoms with E-state index in [0.717, 1.165) is 12.2 Å². The molecule has 1 heterocycles. The van der Waals surface area contributed by atoms with Crippen LogP contribution in [-0.4, -0.2) is 0 Å². The summed E-state index contributed by atoms with van der Waals surface area (Å²) in [6.07, 6.45) is 2.69. The van der Waals surface area contributed by atoms with E-state index in [9.17, 15) is 0 Å². The number of halogens is 1. The quantitative estimate of drug-likeness (QED) is 0.685. The van der Waals surface area contributed by atoms with Crippen LogP contribution in [0.5, 0.6) is 0 Å². The van der Waals surface area contributed by atoms with Gasteiger partial charge in [-0.3, -0.25) is 0 Å². The summed E-state index contributed by atoms with van der Waals surface area (Å²) in [5.41, 5.74) is 3.88. The summed E-state index contributed by atoms with van der Waals surface area (Å²) in [6, 6.07) is 10.9. The molecule has 0 bridgehead atoms. The van der Waals surface area contributed by atoms with Crippen molar-refractivity contribution in [3.8, 4) is 0 Å². The molecule has 0 saturated carbocycles. The van der Waals surface area contributed by atoms with Gasteiger partial charge in [-0.1, -0.05) is 61.0 Å². The molecule has 1 atom stereocenters. The average Bonchev–Trinajstić information content (AvgIpc) is 2.86. The number of alkyl halides is 1. The molecule has 1 aromatic carbocycles. The van der Waals surface area contributed by atoms with E-state index in [1.165, 1.54) is 16.7 Å². The molecule has 1 aromatic heterocycles. The van der Waals surface area contributed by atoms with Gasteiger partial charge >= 0.3 is 0 Å². The Kier molecular flexibility index (Phi) is 4.28. The highest BCUT2D eigenvalue weighted by atomic mass is 79.9. The second kappa shape index (κ2) is 5.75. The Labute approximate surface area is 117 Å². The van der Waals surface area contributed by atoms with Crippen molar-refractivity contribution >= 4 is 15.9 Å². The molecule has 0 aliphatic heterocycles. The van der Waals surface area contributed by atoms with Crippen LogP contribution in [0.25, 0.3) is 0 Å². The van der Waals surface area contributed by atoms with E-state index in [0.29, 0.717) is 5.92 Å². The van der Waals surface area contributed by atoms with Crippen LogP contribution in [0.1, 0.15) is 54.0 Å². The minimum absolute atomic E-state index is 0.215. The lowest BCUT2D eigenvalue weighted by Gasteiger charge is -2.12. The predicted molar refractivity (Wildman–Crippen MR) is 79.4 cm³/mol. The van der Waals surface area contributed by atoms with E-state index in [-0.39, 0.29) is 4.83 Å².